The van der Waals surface area contributed by atoms with Crippen LogP contribution in [0.25, 0.3) is 0 Å². The summed E-state index contributed by atoms with van der Waals surface area (Å²) in [6, 6.07) is -0.848. The van der Waals surface area contributed by atoms with E-state index in [9.17, 15) is 9.59 Å². The van der Waals surface area contributed by atoms with Crippen LogP contribution in [0.15, 0.2) is 11.5 Å². The topological polar surface area (TPSA) is 117 Å². The Hall–Kier alpha value is -1.61. The van der Waals surface area contributed by atoms with Gasteiger partial charge in [0.05, 0.1) is 12.4 Å². The summed E-state index contributed by atoms with van der Waals surface area (Å²) in [6.07, 6.45) is 3.80. The number of carbonyl (C=O) groups excluding carboxylic acids is 1. The minimum atomic E-state index is -1.27. The van der Waals surface area contributed by atoms with Gasteiger partial charge in [0, 0.05) is 6.04 Å². The second kappa shape index (κ2) is 6.02. The number of amides is 1. The molecule has 1 atom stereocenters. The second-order valence-corrected chi connectivity index (χ2v) is 5.12. The zero-order chi connectivity index (χ0) is 13.8. The van der Waals surface area contributed by atoms with Crippen LogP contribution in [0.3, 0.4) is 0 Å². The van der Waals surface area contributed by atoms with E-state index in [1.54, 1.807) is 6.33 Å². The maximum atomic E-state index is 11.5. The molecule has 104 valence electrons. The monoisotopic (exact) mass is 286 g/mol. The molecule has 0 aromatic carbocycles. The quantitative estimate of drug-likeness (QED) is 0.565. The lowest BCUT2D eigenvalue weighted by Crippen LogP contribution is -2.44. The van der Waals surface area contributed by atoms with Gasteiger partial charge in [-0.25, -0.2) is 4.79 Å². The molecule has 1 aliphatic rings. The first kappa shape index (κ1) is 13.8. The Morgan fingerprint density at radius 3 is 2.89 bits per heavy atom. The molecule has 9 heteroatoms. The number of aliphatic hydroxyl groups excluding tert-OH is 1. The van der Waals surface area contributed by atoms with Crippen molar-refractivity contribution < 1.29 is 19.8 Å². The minimum Gasteiger partial charge on any atom is -0.480 e. The van der Waals surface area contributed by atoms with Crippen molar-refractivity contribution in [1.29, 1.82) is 0 Å². The Kier molecular flexibility index (Phi) is 4.38. The summed E-state index contributed by atoms with van der Waals surface area (Å²) in [4.78, 5) is 22.2. The molecule has 3 N–H and O–H groups in total. The first-order valence-electron chi connectivity index (χ1n) is 5.77. The molecule has 0 unspecified atom stereocenters. The molecule has 1 amide bonds. The van der Waals surface area contributed by atoms with Crippen LogP contribution >= 0.6 is 11.8 Å². The molecule has 19 heavy (non-hydrogen) atoms. The Balaban J connectivity index is 1.82. The van der Waals surface area contributed by atoms with E-state index in [0.29, 0.717) is 11.2 Å². The first-order valence-corrected chi connectivity index (χ1v) is 6.75. The SMILES string of the molecule is O=C(CSc1nncn1C1CC1)N[C@H](CO)C(=O)O. The molecule has 1 aromatic rings. The first-order chi connectivity index (χ1) is 9.11. The van der Waals surface area contributed by atoms with Crippen LogP contribution in [0.4, 0.5) is 0 Å². The molecule has 0 radical (unpaired) electrons. The Bertz CT molecular complexity index is 474. The van der Waals surface area contributed by atoms with Crippen molar-refractivity contribution in [3.63, 3.8) is 0 Å². The molecule has 0 spiro atoms. The van der Waals surface area contributed by atoms with Crippen LogP contribution in [-0.2, 0) is 9.59 Å². The molecule has 1 heterocycles. The van der Waals surface area contributed by atoms with Crippen LogP contribution in [0.2, 0.25) is 0 Å². The van der Waals surface area contributed by atoms with Crippen molar-refractivity contribution in [3.8, 4) is 0 Å². The molecule has 1 aromatic heterocycles. The average Bonchev–Trinajstić information content (AvgIpc) is 3.12. The van der Waals surface area contributed by atoms with Crippen LogP contribution in [0.1, 0.15) is 18.9 Å². The van der Waals surface area contributed by atoms with Crippen molar-refractivity contribution in [3.05, 3.63) is 6.33 Å². The van der Waals surface area contributed by atoms with Crippen LogP contribution < -0.4 is 5.32 Å². The molecule has 1 saturated carbocycles. The number of carboxylic acid groups (broad SMARTS) is 1. The lowest BCUT2D eigenvalue weighted by Gasteiger charge is -2.11. The van der Waals surface area contributed by atoms with Gasteiger partial charge in [-0.1, -0.05) is 11.8 Å². The van der Waals surface area contributed by atoms with Gasteiger partial charge >= 0.3 is 5.97 Å². The zero-order valence-corrected chi connectivity index (χ0v) is 10.8. The third-order valence-electron chi connectivity index (χ3n) is 2.63. The normalized spacial score (nSPS) is 16.1. The predicted octanol–water partition coefficient (Wildman–Crippen LogP) is -0.733. The van der Waals surface area contributed by atoms with E-state index in [2.05, 4.69) is 15.5 Å². The average molecular weight is 286 g/mol. The van der Waals surface area contributed by atoms with E-state index in [1.807, 2.05) is 4.57 Å². The molecular formula is C10H14N4O4S. The van der Waals surface area contributed by atoms with Crippen LogP contribution in [-0.4, -0.2) is 55.3 Å². The molecular weight excluding hydrogens is 272 g/mol. The van der Waals surface area contributed by atoms with Gasteiger partial charge in [0.15, 0.2) is 5.16 Å². The molecule has 0 bridgehead atoms. The number of thioether (sulfide) groups is 1. The van der Waals surface area contributed by atoms with Gasteiger partial charge in [0.25, 0.3) is 0 Å². The molecule has 0 saturated heterocycles. The van der Waals surface area contributed by atoms with Gasteiger partial charge in [-0.2, -0.15) is 0 Å². The van der Waals surface area contributed by atoms with E-state index in [-0.39, 0.29) is 5.75 Å². The van der Waals surface area contributed by atoms with Gasteiger partial charge in [0.2, 0.25) is 5.91 Å². The summed E-state index contributed by atoms with van der Waals surface area (Å²) < 4.78 is 1.92. The van der Waals surface area contributed by atoms with Crippen molar-refractivity contribution in [2.45, 2.75) is 30.1 Å². The van der Waals surface area contributed by atoms with Gasteiger partial charge < -0.3 is 20.1 Å². The summed E-state index contributed by atoms with van der Waals surface area (Å²) in [5.74, 6) is -1.69. The number of nitrogens with zero attached hydrogens (tertiary/aromatic N) is 3. The Labute approximate surface area is 113 Å². The largest absolute Gasteiger partial charge is 0.480 e. The predicted molar refractivity (Wildman–Crippen MR) is 65.7 cm³/mol. The highest BCUT2D eigenvalue weighted by Crippen LogP contribution is 2.37. The number of carbonyl (C=O) groups is 2. The highest BCUT2D eigenvalue weighted by atomic mass is 32.2. The number of hydrogen-bond acceptors (Lipinski definition) is 6. The molecule has 1 aliphatic carbocycles. The van der Waals surface area contributed by atoms with Gasteiger partial charge in [-0.15, -0.1) is 10.2 Å². The standard InChI is InChI=1S/C10H14N4O4S/c15-3-7(9(17)18)12-8(16)4-19-10-13-11-5-14(10)6-1-2-6/h5-7,15H,1-4H2,(H,12,16)(H,17,18)/t7-/m1/s1. The van der Waals surface area contributed by atoms with E-state index in [0.717, 1.165) is 12.8 Å². The van der Waals surface area contributed by atoms with Crippen molar-refractivity contribution >= 4 is 23.6 Å². The Morgan fingerprint density at radius 1 is 1.58 bits per heavy atom. The third-order valence-corrected chi connectivity index (χ3v) is 3.59. The number of carboxylic acids is 1. The number of aliphatic hydroxyl groups is 1. The van der Waals surface area contributed by atoms with Crippen molar-refractivity contribution in [2.24, 2.45) is 0 Å². The lowest BCUT2D eigenvalue weighted by molar-refractivity contribution is -0.142. The summed E-state index contributed by atoms with van der Waals surface area (Å²) in [5.41, 5.74) is 0. The van der Waals surface area contributed by atoms with Gasteiger partial charge in [0.1, 0.15) is 12.4 Å². The lowest BCUT2D eigenvalue weighted by atomic mass is 10.3. The van der Waals surface area contributed by atoms with E-state index in [1.165, 1.54) is 11.8 Å². The fraction of sp³-hybridized carbons (Fsp3) is 0.600. The fourth-order valence-electron chi connectivity index (χ4n) is 1.49. The number of aromatic nitrogens is 3. The molecule has 8 nitrogen and oxygen atoms in total. The molecule has 0 aliphatic heterocycles. The number of nitrogens with one attached hydrogen (secondary N) is 1. The number of rotatable bonds is 7. The van der Waals surface area contributed by atoms with E-state index in [4.69, 9.17) is 10.2 Å². The minimum absolute atomic E-state index is 0.0369. The maximum Gasteiger partial charge on any atom is 0.328 e. The van der Waals surface area contributed by atoms with Crippen LogP contribution in [0.5, 0.6) is 0 Å². The summed E-state index contributed by atoms with van der Waals surface area (Å²) in [7, 11) is 0. The molecule has 2 rings (SSSR count). The summed E-state index contributed by atoms with van der Waals surface area (Å²) >= 11 is 1.20. The van der Waals surface area contributed by atoms with E-state index < -0.39 is 24.5 Å². The van der Waals surface area contributed by atoms with Crippen molar-refractivity contribution in [1.82, 2.24) is 20.1 Å². The number of aliphatic carboxylic acids is 1. The maximum absolute atomic E-state index is 11.5. The molecule has 1 fully saturated rings. The smallest absolute Gasteiger partial charge is 0.328 e. The Morgan fingerprint density at radius 2 is 2.32 bits per heavy atom. The fourth-order valence-corrected chi connectivity index (χ4v) is 2.28. The summed E-state index contributed by atoms with van der Waals surface area (Å²) in [6.45, 7) is -0.635. The van der Waals surface area contributed by atoms with Crippen molar-refractivity contribution in [2.75, 3.05) is 12.4 Å². The van der Waals surface area contributed by atoms with Gasteiger partial charge in [-0.3, -0.25) is 4.79 Å². The second-order valence-electron chi connectivity index (χ2n) is 4.18. The zero-order valence-electron chi connectivity index (χ0n) is 10.0. The highest BCUT2D eigenvalue weighted by molar-refractivity contribution is 7.99. The van der Waals surface area contributed by atoms with Gasteiger partial charge in [-0.05, 0) is 12.8 Å². The van der Waals surface area contributed by atoms with Crippen LogP contribution in [0, 0.1) is 0 Å². The highest BCUT2D eigenvalue weighted by Gasteiger charge is 2.26. The van der Waals surface area contributed by atoms with E-state index >= 15 is 0 Å². The third kappa shape index (κ3) is 3.67. The number of hydrogen-bond donors (Lipinski definition) is 3. The summed E-state index contributed by atoms with van der Waals surface area (Å²) in [5, 5.41) is 28.1.